The first kappa shape index (κ1) is 30.3. The van der Waals surface area contributed by atoms with E-state index in [0.717, 1.165) is 58.4 Å². The first-order chi connectivity index (χ1) is 20.5. The van der Waals surface area contributed by atoms with Gasteiger partial charge in [-0.05, 0) is 72.0 Å². The van der Waals surface area contributed by atoms with Gasteiger partial charge in [0.25, 0.3) is 0 Å². The zero-order valence-electron chi connectivity index (χ0n) is 25.7. The number of carbonyl (C=O) groups is 1. The topological polar surface area (TPSA) is 47.6 Å². The fourth-order valence-electron chi connectivity index (χ4n) is 6.47. The van der Waals surface area contributed by atoms with Crippen LogP contribution in [0.4, 0.5) is 4.79 Å². The van der Waals surface area contributed by atoms with Crippen LogP contribution in [-0.2, 0) is 19.6 Å². The lowest BCUT2D eigenvalue weighted by Crippen LogP contribution is -2.52. The largest absolute Gasteiger partial charge is 0.335 e. The highest BCUT2D eigenvalue weighted by Gasteiger charge is 2.29. The van der Waals surface area contributed by atoms with Crippen molar-refractivity contribution in [1.82, 2.24) is 20.4 Å². The van der Waals surface area contributed by atoms with E-state index in [0.29, 0.717) is 18.5 Å². The summed E-state index contributed by atoms with van der Waals surface area (Å²) in [4.78, 5) is 18.4. The Morgan fingerprint density at radius 1 is 0.810 bits per heavy atom. The number of urea groups is 1. The SMILES string of the molecule is CC(C)CNCc1cccc(-c2ccc(CN(C(=O)NC3CCCCC3)C3CCN(Cc4ccccc4)CC3)cc2)c1. The Morgan fingerprint density at radius 2 is 1.52 bits per heavy atom. The third-order valence-electron chi connectivity index (χ3n) is 8.89. The number of benzene rings is 3. The maximum absolute atomic E-state index is 13.7. The van der Waals surface area contributed by atoms with Gasteiger partial charge < -0.3 is 15.5 Å². The minimum atomic E-state index is 0.120. The van der Waals surface area contributed by atoms with Crippen LogP contribution in [0.25, 0.3) is 11.1 Å². The van der Waals surface area contributed by atoms with Gasteiger partial charge in [-0.15, -0.1) is 0 Å². The molecule has 0 aromatic heterocycles. The first-order valence-electron chi connectivity index (χ1n) is 16.3. The minimum Gasteiger partial charge on any atom is -0.335 e. The smallest absolute Gasteiger partial charge is 0.318 e. The number of hydrogen-bond acceptors (Lipinski definition) is 3. The summed E-state index contributed by atoms with van der Waals surface area (Å²) in [6.45, 7) is 10.1. The Morgan fingerprint density at radius 3 is 2.24 bits per heavy atom. The maximum atomic E-state index is 13.7. The van der Waals surface area contributed by atoms with Gasteiger partial charge in [0.1, 0.15) is 0 Å². The standard InChI is InChI=1S/C37H50N4O/c1-29(2)25-38-26-32-12-9-13-34(24-32)33-18-16-31(17-19-33)28-41(37(42)39-35-14-7-4-8-15-35)36-20-22-40(23-21-36)27-30-10-5-3-6-11-30/h3,5-6,9-13,16-19,24,29,35-36,38H,4,7-8,14-15,20-23,25-28H2,1-2H3,(H,39,42). The Kier molecular flexibility index (Phi) is 11.1. The summed E-state index contributed by atoms with van der Waals surface area (Å²) in [7, 11) is 0. The highest BCUT2D eigenvalue weighted by Crippen LogP contribution is 2.25. The lowest BCUT2D eigenvalue weighted by molar-refractivity contribution is 0.110. The van der Waals surface area contributed by atoms with Crippen molar-refractivity contribution in [3.8, 4) is 11.1 Å². The van der Waals surface area contributed by atoms with E-state index in [-0.39, 0.29) is 12.1 Å². The number of nitrogens with zero attached hydrogens (tertiary/aromatic N) is 2. The molecule has 5 nitrogen and oxygen atoms in total. The average molecular weight is 567 g/mol. The van der Waals surface area contributed by atoms with Crippen LogP contribution < -0.4 is 10.6 Å². The lowest BCUT2D eigenvalue weighted by Gasteiger charge is -2.39. The van der Waals surface area contributed by atoms with Gasteiger partial charge in [0.05, 0.1) is 0 Å². The molecule has 224 valence electrons. The van der Waals surface area contributed by atoms with Crippen molar-refractivity contribution in [1.29, 1.82) is 0 Å². The normalized spacial score (nSPS) is 16.9. The van der Waals surface area contributed by atoms with E-state index >= 15 is 0 Å². The number of nitrogens with one attached hydrogen (secondary N) is 2. The molecule has 1 saturated carbocycles. The molecule has 0 bridgehead atoms. The van der Waals surface area contributed by atoms with Crippen molar-refractivity contribution in [3.05, 3.63) is 95.6 Å². The summed E-state index contributed by atoms with van der Waals surface area (Å²) < 4.78 is 0. The average Bonchev–Trinajstić information content (AvgIpc) is 3.02. The van der Waals surface area contributed by atoms with E-state index in [2.05, 4.69) is 113 Å². The van der Waals surface area contributed by atoms with Crippen LogP contribution in [0.1, 0.15) is 75.5 Å². The summed E-state index contributed by atoms with van der Waals surface area (Å²) in [5.74, 6) is 0.645. The van der Waals surface area contributed by atoms with E-state index in [1.54, 1.807) is 0 Å². The molecule has 0 radical (unpaired) electrons. The van der Waals surface area contributed by atoms with Crippen LogP contribution in [0.2, 0.25) is 0 Å². The molecule has 42 heavy (non-hydrogen) atoms. The second-order valence-electron chi connectivity index (χ2n) is 12.8. The monoisotopic (exact) mass is 566 g/mol. The molecule has 5 heteroatoms. The minimum absolute atomic E-state index is 0.120. The number of piperidine rings is 1. The predicted molar refractivity (Wildman–Crippen MR) is 174 cm³/mol. The molecular formula is C37H50N4O. The van der Waals surface area contributed by atoms with E-state index in [1.165, 1.54) is 47.1 Å². The molecule has 0 unspecified atom stereocenters. The number of hydrogen-bond donors (Lipinski definition) is 2. The molecule has 1 saturated heterocycles. The molecule has 0 atom stereocenters. The Hall–Kier alpha value is -3.15. The van der Waals surface area contributed by atoms with Crippen LogP contribution in [0.5, 0.6) is 0 Å². The molecule has 3 aromatic rings. The molecule has 1 heterocycles. The van der Waals surface area contributed by atoms with Crippen molar-refractivity contribution in [2.24, 2.45) is 5.92 Å². The van der Waals surface area contributed by atoms with Gasteiger partial charge >= 0.3 is 6.03 Å². The summed E-state index contributed by atoms with van der Waals surface area (Å²) in [6.07, 6.45) is 7.98. The van der Waals surface area contributed by atoms with Gasteiger partial charge in [-0.2, -0.15) is 0 Å². The van der Waals surface area contributed by atoms with Crippen molar-refractivity contribution in [3.63, 3.8) is 0 Å². The third-order valence-corrected chi connectivity index (χ3v) is 8.89. The molecule has 2 amide bonds. The lowest BCUT2D eigenvalue weighted by atomic mass is 9.95. The number of rotatable bonds is 11. The van der Waals surface area contributed by atoms with Crippen LogP contribution in [-0.4, -0.2) is 47.5 Å². The van der Waals surface area contributed by atoms with Crippen LogP contribution >= 0.6 is 0 Å². The molecule has 0 spiro atoms. The molecule has 2 aliphatic rings. The Balaban J connectivity index is 1.24. The van der Waals surface area contributed by atoms with Gasteiger partial charge in [0.15, 0.2) is 0 Å². The summed E-state index contributed by atoms with van der Waals surface area (Å²) in [5.41, 5.74) is 6.32. The number of likely N-dealkylation sites (tertiary alicyclic amines) is 1. The summed E-state index contributed by atoms with van der Waals surface area (Å²) in [5, 5.41) is 6.97. The molecule has 5 rings (SSSR count). The molecule has 2 fully saturated rings. The second-order valence-corrected chi connectivity index (χ2v) is 12.8. The molecular weight excluding hydrogens is 516 g/mol. The predicted octanol–water partition coefficient (Wildman–Crippen LogP) is 7.61. The van der Waals surface area contributed by atoms with E-state index in [9.17, 15) is 4.79 Å². The third kappa shape index (κ3) is 8.92. The van der Waals surface area contributed by atoms with Gasteiger partial charge in [0.2, 0.25) is 0 Å². The van der Waals surface area contributed by atoms with E-state index in [1.807, 2.05) is 0 Å². The van der Waals surface area contributed by atoms with Crippen molar-refractivity contribution in [2.45, 2.75) is 90.5 Å². The summed E-state index contributed by atoms with van der Waals surface area (Å²) in [6, 6.07) is 29.1. The fourth-order valence-corrected chi connectivity index (χ4v) is 6.47. The molecule has 1 aliphatic heterocycles. The Bertz CT molecular complexity index is 1230. The van der Waals surface area contributed by atoms with Crippen molar-refractivity contribution in [2.75, 3.05) is 19.6 Å². The van der Waals surface area contributed by atoms with E-state index in [4.69, 9.17) is 0 Å². The highest BCUT2D eigenvalue weighted by molar-refractivity contribution is 5.75. The summed E-state index contributed by atoms with van der Waals surface area (Å²) >= 11 is 0. The first-order valence-corrected chi connectivity index (χ1v) is 16.3. The van der Waals surface area contributed by atoms with E-state index < -0.39 is 0 Å². The Labute approximate surface area is 253 Å². The zero-order chi connectivity index (χ0) is 29.1. The molecule has 3 aromatic carbocycles. The highest BCUT2D eigenvalue weighted by atomic mass is 16.2. The van der Waals surface area contributed by atoms with Crippen LogP contribution in [0.3, 0.4) is 0 Å². The quantitative estimate of drug-likeness (QED) is 0.251. The van der Waals surface area contributed by atoms with Gasteiger partial charge in [-0.25, -0.2) is 4.79 Å². The van der Waals surface area contributed by atoms with Crippen molar-refractivity contribution >= 4 is 6.03 Å². The number of amides is 2. The van der Waals surface area contributed by atoms with Crippen molar-refractivity contribution < 1.29 is 4.79 Å². The molecule has 1 aliphatic carbocycles. The second kappa shape index (κ2) is 15.4. The van der Waals surface area contributed by atoms with Gasteiger partial charge in [-0.1, -0.05) is 106 Å². The maximum Gasteiger partial charge on any atom is 0.318 e. The van der Waals surface area contributed by atoms with Crippen LogP contribution in [0.15, 0.2) is 78.9 Å². The zero-order valence-corrected chi connectivity index (χ0v) is 25.7. The fraction of sp³-hybridized carbons (Fsp3) is 0.486. The van der Waals surface area contributed by atoms with Gasteiger partial charge in [-0.3, -0.25) is 4.90 Å². The van der Waals surface area contributed by atoms with Crippen LogP contribution in [0, 0.1) is 5.92 Å². The number of carbonyl (C=O) groups excluding carboxylic acids is 1. The molecule has 2 N–H and O–H groups in total. The van der Waals surface area contributed by atoms with Gasteiger partial charge in [0, 0.05) is 44.8 Å².